The molecule has 1 radical (unpaired) electrons. The summed E-state index contributed by atoms with van der Waals surface area (Å²) in [6, 6.07) is 18.3. The third-order valence-electron chi connectivity index (χ3n) is 6.46. The first kappa shape index (κ1) is 25.8. The number of halogens is 2. The number of amides is 1. The maximum absolute atomic E-state index is 14.8. The third-order valence-corrected chi connectivity index (χ3v) is 6.46. The Morgan fingerprint density at radius 3 is 2.44 bits per heavy atom. The first-order chi connectivity index (χ1) is 17.4. The quantitative estimate of drug-likeness (QED) is 0.427. The monoisotopic (exact) mass is 493 g/mol. The lowest BCUT2D eigenvalue weighted by atomic mass is 9.88. The van der Waals surface area contributed by atoms with E-state index in [9.17, 15) is 13.6 Å². The molecular weight excluding hydrogens is 462 g/mol. The second-order valence-electron chi connectivity index (χ2n) is 8.99. The Balaban J connectivity index is 1.49. The van der Waals surface area contributed by atoms with Crippen LogP contribution in [-0.2, 0) is 16.0 Å². The van der Waals surface area contributed by atoms with E-state index in [0.717, 1.165) is 11.1 Å². The van der Waals surface area contributed by atoms with Crippen LogP contribution in [0.4, 0.5) is 14.5 Å². The predicted molar refractivity (Wildman–Crippen MR) is 136 cm³/mol. The number of hydrogen-bond acceptors (Lipinski definition) is 4. The fourth-order valence-corrected chi connectivity index (χ4v) is 4.43. The Bertz CT molecular complexity index is 1140. The van der Waals surface area contributed by atoms with Crippen molar-refractivity contribution in [2.24, 2.45) is 0 Å². The summed E-state index contributed by atoms with van der Waals surface area (Å²) in [5.74, 6) is -0.581. The molecule has 1 amide bonds. The first-order valence-corrected chi connectivity index (χ1v) is 12.1. The van der Waals surface area contributed by atoms with Crippen molar-refractivity contribution in [1.29, 1.82) is 0 Å². The largest absolute Gasteiger partial charge is 0.497 e. The average molecular weight is 494 g/mol. The fraction of sp³-hybridized carbons (Fsp3) is 0.310. The Morgan fingerprint density at radius 1 is 1.11 bits per heavy atom. The fourth-order valence-electron chi connectivity index (χ4n) is 4.43. The van der Waals surface area contributed by atoms with E-state index in [0.29, 0.717) is 43.0 Å². The zero-order valence-electron chi connectivity index (χ0n) is 20.3. The number of carbonyl (C=O) groups excluding carboxylic acids is 1. The molecule has 0 spiro atoms. The molecule has 1 aliphatic heterocycles. The zero-order chi connectivity index (χ0) is 25.5. The van der Waals surface area contributed by atoms with Gasteiger partial charge in [-0.05, 0) is 67.3 Å². The minimum absolute atomic E-state index is 0.0379. The van der Waals surface area contributed by atoms with Crippen LogP contribution in [0.3, 0.4) is 0 Å². The van der Waals surface area contributed by atoms with Gasteiger partial charge in [-0.25, -0.2) is 8.78 Å². The van der Waals surface area contributed by atoms with Crippen LogP contribution < -0.4 is 15.4 Å². The molecule has 36 heavy (non-hydrogen) atoms. The zero-order valence-corrected chi connectivity index (χ0v) is 20.3. The van der Waals surface area contributed by atoms with Crippen molar-refractivity contribution < 1.29 is 23.0 Å². The maximum Gasteiger partial charge on any atom is 0.225 e. The molecule has 189 valence electrons. The van der Waals surface area contributed by atoms with E-state index < -0.39 is 0 Å². The van der Waals surface area contributed by atoms with Gasteiger partial charge >= 0.3 is 0 Å². The van der Waals surface area contributed by atoms with E-state index in [2.05, 4.69) is 17.6 Å². The van der Waals surface area contributed by atoms with Crippen LogP contribution in [0.1, 0.15) is 35.4 Å². The van der Waals surface area contributed by atoms with Crippen molar-refractivity contribution >= 4 is 11.6 Å². The molecule has 1 fully saturated rings. The van der Waals surface area contributed by atoms with Crippen LogP contribution >= 0.6 is 0 Å². The Hall–Kier alpha value is -3.29. The third kappa shape index (κ3) is 6.68. The Kier molecular flexibility index (Phi) is 8.67. The highest BCUT2D eigenvalue weighted by Gasteiger charge is 2.22. The average Bonchev–Trinajstić information content (AvgIpc) is 2.89. The summed E-state index contributed by atoms with van der Waals surface area (Å²) in [6.07, 6.45) is 1.11. The number of carbonyl (C=O) groups is 1. The van der Waals surface area contributed by atoms with Gasteiger partial charge in [0.15, 0.2) is 0 Å². The van der Waals surface area contributed by atoms with Crippen LogP contribution in [0.15, 0.2) is 66.7 Å². The number of ether oxygens (including phenoxy) is 2. The highest BCUT2D eigenvalue weighted by molar-refractivity contribution is 5.92. The topological polar surface area (TPSA) is 59.6 Å². The molecule has 1 heterocycles. The SMILES string of the molecule is [CH2][C@H]1CO[C@H](CCc2c(F)cccc2NC(=O)C[C@H](c2ccc(F)cc2)c2ccc(OC)cc2)CN1. The van der Waals surface area contributed by atoms with Crippen LogP contribution in [0.5, 0.6) is 5.75 Å². The molecule has 0 saturated carbocycles. The van der Waals surface area contributed by atoms with Gasteiger partial charge < -0.3 is 20.1 Å². The van der Waals surface area contributed by atoms with E-state index in [1.165, 1.54) is 18.2 Å². The van der Waals surface area contributed by atoms with Crippen molar-refractivity contribution in [3.8, 4) is 5.75 Å². The molecule has 1 saturated heterocycles. The smallest absolute Gasteiger partial charge is 0.225 e. The molecule has 5 nitrogen and oxygen atoms in total. The van der Waals surface area contributed by atoms with Crippen molar-refractivity contribution in [2.75, 3.05) is 25.6 Å². The van der Waals surface area contributed by atoms with Gasteiger partial charge in [0, 0.05) is 36.2 Å². The van der Waals surface area contributed by atoms with Crippen LogP contribution in [0, 0.1) is 18.6 Å². The number of hydrogen-bond donors (Lipinski definition) is 2. The second kappa shape index (κ2) is 12.1. The molecule has 2 N–H and O–H groups in total. The highest BCUT2D eigenvalue weighted by atomic mass is 19.1. The number of nitrogens with one attached hydrogen (secondary N) is 2. The number of anilines is 1. The van der Waals surface area contributed by atoms with E-state index in [1.54, 1.807) is 31.4 Å². The van der Waals surface area contributed by atoms with E-state index in [4.69, 9.17) is 9.47 Å². The van der Waals surface area contributed by atoms with Gasteiger partial charge in [0.25, 0.3) is 0 Å². The summed E-state index contributed by atoms with van der Waals surface area (Å²) >= 11 is 0. The van der Waals surface area contributed by atoms with Crippen molar-refractivity contribution in [3.05, 3.63) is 102 Å². The molecule has 0 unspecified atom stereocenters. The summed E-state index contributed by atoms with van der Waals surface area (Å²) in [5, 5.41) is 6.17. The van der Waals surface area contributed by atoms with Crippen molar-refractivity contribution in [3.63, 3.8) is 0 Å². The van der Waals surface area contributed by atoms with Gasteiger partial charge in [-0.3, -0.25) is 4.79 Å². The molecule has 0 aliphatic carbocycles. The number of rotatable bonds is 9. The molecule has 0 aromatic heterocycles. The normalized spacial score (nSPS) is 18.4. The van der Waals surface area contributed by atoms with E-state index in [-0.39, 0.29) is 42.0 Å². The minimum Gasteiger partial charge on any atom is -0.497 e. The van der Waals surface area contributed by atoms with E-state index in [1.807, 2.05) is 24.3 Å². The lowest BCUT2D eigenvalue weighted by molar-refractivity contribution is -0.116. The van der Waals surface area contributed by atoms with Gasteiger partial charge in [-0.1, -0.05) is 30.3 Å². The minimum atomic E-state index is -0.364. The Morgan fingerprint density at radius 2 is 1.81 bits per heavy atom. The van der Waals surface area contributed by atoms with Crippen LogP contribution in [-0.4, -0.2) is 38.3 Å². The number of benzene rings is 3. The van der Waals surface area contributed by atoms with Gasteiger partial charge in [0.1, 0.15) is 17.4 Å². The Labute approximate surface area is 210 Å². The molecule has 7 heteroatoms. The summed E-state index contributed by atoms with van der Waals surface area (Å²) in [6.45, 7) is 5.10. The van der Waals surface area contributed by atoms with Gasteiger partial charge in [0.2, 0.25) is 5.91 Å². The van der Waals surface area contributed by atoms with Crippen LogP contribution in [0.2, 0.25) is 0 Å². The van der Waals surface area contributed by atoms with Crippen LogP contribution in [0.25, 0.3) is 0 Å². The van der Waals surface area contributed by atoms with E-state index >= 15 is 0 Å². The van der Waals surface area contributed by atoms with Gasteiger partial charge in [-0.2, -0.15) is 0 Å². The molecule has 3 aromatic rings. The van der Waals surface area contributed by atoms with Gasteiger partial charge in [-0.15, -0.1) is 0 Å². The standard InChI is InChI=1S/C29H31F2N2O3/c1-19-18-36-24(17-32-19)14-15-25-27(31)4-3-5-28(25)33-29(34)16-26(20-6-10-22(30)11-7-20)21-8-12-23(35-2)13-9-21/h3-13,19,24,26,32H,1,14-18H2,2H3,(H,33,34)/t19-,24+,26+/m0/s1. The molecule has 1 aliphatic rings. The molecule has 3 aromatic carbocycles. The summed E-state index contributed by atoms with van der Waals surface area (Å²) in [4.78, 5) is 13.2. The number of methoxy groups -OCH3 is 1. The van der Waals surface area contributed by atoms with Gasteiger partial charge in [0.05, 0.1) is 19.8 Å². The first-order valence-electron chi connectivity index (χ1n) is 12.1. The summed E-state index contributed by atoms with van der Waals surface area (Å²) in [7, 11) is 1.59. The summed E-state index contributed by atoms with van der Waals surface area (Å²) < 4.78 is 39.3. The number of morpholine rings is 1. The van der Waals surface area contributed by atoms with Crippen molar-refractivity contribution in [2.45, 2.75) is 37.3 Å². The molecular formula is C29H31F2N2O3. The predicted octanol–water partition coefficient (Wildman–Crippen LogP) is 5.26. The molecule has 4 rings (SSSR count). The molecule has 0 bridgehead atoms. The highest BCUT2D eigenvalue weighted by Crippen LogP contribution is 2.31. The lowest BCUT2D eigenvalue weighted by Crippen LogP contribution is -2.45. The molecule has 3 atom stereocenters. The van der Waals surface area contributed by atoms with Crippen molar-refractivity contribution in [1.82, 2.24) is 5.32 Å². The maximum atomic E-state index is 14.8. The lowest BCUT2D eigenvalue weighted by Gasteiger charge is -2.28. The summed E-state index contributed by atoms with van der Waals surface area (Å²) in [5.41, 5.74) is 2.60. The second-order valence-corrected chi connectivity index (χ2v) is 8.99.